The molecule has 1 unspecified atom stereocenters. The van der Waals surface area contributed by atoms with Gasteiger partial charge in [-0.3, -0.25) is 5.14 Å². The van der Waals surface area contributed by atoms with Crippen LogP contribution in [0.25, 0.3) is 0 Å². The lowest BCUT2D eigenvalue weighted by Crippen LogP contribution is -1.77. The Morgan fingerprint density at radius 3 is 2.00 bits per heavy atom. The van der Waals surface area contributed by atoms with Gasteiger partial charge in [-0.1, -0.05) is 30.1 Å². The van der Waals surface area contributed by atoms with Crippen LogP contribution in [0.2, 0.25) is 0 Å². The van der Waals surface area contributed by atoms with Gasteiger partial charge in [-0.25, -0.2) is 0 Å². The summed E-state index contributed by atoms with van der Waals surface area (Å²) in [5.41, 5.74) is 3.13. The van der Waals surface area contributed by atoms with Crippen LogP contribution < -0.4 is 5.14 Å². The Kier molecular flexibility index (Phi) is 4.19. The molecule has 0 spiro atoms. The fraction of sp³-hybridized carbons (Fsp3) is 0.364. The average molecular weight is 195 g/mol. The summed E-state index contributed by atoms with van der Waals surface area (Å²) in [6.45, 7) is 0. The van der Waals surface area contributed by atoms with Crippen LogP contribution in [0, 0.1) is 0 Å². The van der Waals surface area contributed by atoms with Crippen molar-refractivity contribution in [2.24, 2.45) is 5.14 Å². The molecule has 1 nitrogen and oxygen atoms in total. The fourth-order valence-electron chi connectivity index (χ4n) is 1.51. The SMILES string of the molecule is C=S(C)N.c1ccc2c(c1)CCC2. The maximum Gasteiger partial charge on any atom is -0.0109 e. The van der Waals surface area contributed by atoms with E-state index in [1.807, 2.05) is 6.26 Å². The minimum Gasteiger partial charge on any atom is -0.284 e. The van der Waals surface area contributed by atoms with Gasteiger partial charge in [0.15, 0.2) is 0 Å². The number of rotatable bonds is 0. The summed E-state index contributed by atoms with van der Waals surface area (Å²) in [4.78, 5) is 0. The van der Waals surface area contributed by atoms with E-state index in [2.05, 4.69) is 30.1 Å². The molecule has 1 aromatic rings. The van der Waals surface area contributed by atoms with Gasteiger partial charge in [0, 0.05) is 0 Å². The van der Waals surface area contributed by atoms with Gasteiger partial charge < -0.3 is 0 Å². The third kappa shape index (κ3) is 3.75. The molecule has 2 N–H and O–H groups in total. The Labute approximate surface area is 83.0 Å². The second-order valence-corrected chi connectivity index (χ2v) is 4.70. The van der Waals surface area contributed by atoms with Crippen molar-refractivity contribution in [3.05, 3.63) is 35.4 Å². The van der Waals surface area contributed by atoms with Crippen LogP contribution in [0.5, 0.6) is 0 Å². The largest absolute Gasteiger partial charge is 0.284 e. The lowest BCUT2D eigenvalue weighted by Gasteiger charge is -1.93. The fourth-order valence-corrected chi connectivity index (χ4v) is 1.51. The topological polar surface area (TPSA) is 26.0 Å². The van der Waals surface area contributed by atoms with Crippen LogP contribution in [0.15, 0.2) is 24.3 Å². The number of hydrogen-bond acceptors (Lipinski definition) is 1. The summed E-state index contributed by atoms with van der Waals surface area (Å²) in [5.74, 6) is 3.44. The Bertz CT molecular complexity index is 267. The smallest absolute Gasteiger partial charge is 0.0109 e. The van der Waals surface area contributed by atoms with Gasteiger partial charge in [0.2, 0.25) is 0 Å². The predicted octanol–water partition coefficient (Wildman–Crippen LogP) is 2.37. The third-order valence-corrected chi connectivity index (χ3v) is 2.01. The molecule has 0 aliphatic heterocycles. The van der Waals surface area contributed by atoms with E-state index >= 15 is 0 Å². The molecule has 1 atom stereocenters. The molecular formula is C11H17NS. The maximum atomic E-state index is 5.03. The lowest BCUT2D eigenvalue weighted by atomic mass is 10.1. The van der Waals surface area contributed by atoms with Crippen LogP contribution >= 0.6 is 10.7 Å². The van der Waals surface area contributed by atoms with Crippen molar-refractivity contribution in [3.8, 4) is 0 Å². The van der Waals surface area contributed by atoms with Crippen LogP contribution in [-0.2, 0) is 12.8 Å². The van der Waals surface area contributed by atoms with Crippen molar-refractivity contribution in [1.82, 2.24) is 0 Å². The standard InChI is InChI=1S/C9H10.C2H7NS/c1-2-5-9-7-3-6-8(9)4-1;1-4(2)3/h1-2,4-5H,3,6-7H2;1,3H2,2H3. The molecule has 0 bridgehead atoms. The van der Waals surface area contributed by atoms with E-state index in [1.165, 1.54) is 19.3 Å². The first-order chi connectivity index (χ1) is 6.20. The van der Waals surface area contributed by atoms with Gasteiger partial charge in [-0.2, -0.15) is 0 Å². The highest BCUT2D eigenvalue weighted by atomic mass is 32.2. The first-order valence-electron chi connectivity index (χ1n) is 4.47. The average Bonchev–Trinajstić information content (AvgIpc) is 2.49. The first kappa shape index (κ1) is 10.5. The second kappa shape index (κ2) is 5.20. The maximum absolute atomic E-state index is 5.03. The third-order valence-electron chi connectivity index (χ3n) is 2.01. The molecule has 1 aliphatic rings. The van der Waals surface area contributed by atoms with Gasteiger partial charge in [-0.05, 0) is 36.6 Å². The highest BCUT2D eigenvalue weighted by molar-refractivity contribution is 8.11. The predicted molar refractivity (Wildman–Crippen MR) is 63.3 cm³/mol. The summed E-state index contributed by atoms with van der Waals surface area (Å²) in [6, 6.07) is 8.74. The Hall–Kier alpha value is -0.600. The van der Waals surface area contributed by atoms with Crippen molar-refractivity contribution >= 4 is 16.5 Å². The Morgan fingerprint density at radius 2 is 1.62 bits per heavy atom. The second-order valence-electron chi connectivity index (χ2n) is 3.31. The molecule has 1 aliphatic carbocycles. The highest BCUT2D eigenvalue weighted by Gasteiger charge is 2.07. The molecule has 0 heterocycles. The summed E-state index contributed by atoms with van der Waals surface area (Å²) in [6.07, 6.45) is 5.83. The molecular weight excluding hydrogens is 178 g/mol. The van der Waals surface area contributed by atoms with Crippen molar-refractivity contribution in [2.75, 3.05) is 6.26 Å². The summed E-state index contributed by atoms with van der Waals surface area (Å²) < 4.78 is 0. The molecule has 2 rings (SSSR count). The minimum absolute atomic E-state index is 0.111. The molecule has 0 radical (unpaired) electrons. The van der Waals surface area contributed by atoms with E-state index in [4.69, 9.17) is 5.14 Å². The Balaban J connectivity index is 0.000000184. The molecule has 2 heteroatoms. The van der Waals surface area contributed by atoms with Crippen LogP contribution in [-0.4, -0.2) is 12.1 Å². The van der Waals surface area contributed by atoms with E-state index in [9.17, 15) is 0 Å². The van der Waals surface area contributed by atoms with E-state index in [0.717, 1.165) is 0 Å². The lowest BCUT2D eigenvalue weighted by molar-refractivity contribution is 0.912. The van der Waals surface area contributed by atoms with Crippen molar-refractivity contribution in [1.29, 1.82) is 0 Å². The molecule has 13 heavy (non-hydrogen) atoms. The van der Waals surface area contributed by atoms with Gasteiger partial charge in [0.1, 0.15) is 0 Å². The summed E-state index contributed by atoms with van der Waals surface area (Å²) in [7, 11) is -0.111. The van der Waals surface area contributed by atoms with Crippen molar-refractivity contribution in [3.63, 3.8) is 0 Å². The highest BCUT2D eigenvalue weighted by Crippen LogP contribution is 2.20. The summed E-state index contributed by atoms with van der Waals surface area (Å²) in [5, 5.41) is 5.03. The van der Waals surface area contributed by atoms with E-state index < -0.39 is 0 Å². The zero-order valence-electron chi connectivity index (χ0n) is 8.12. The quantitative estimate of drug-likeness (QED) is 0.632. The molecule has 0 aromatic heterocycles. The molecule has 72 valence electrons. The van der Waals surface area contributed by atoms with Crippen LogP contribution in [0.3, 0.4) is 0 Å². The molecule has 0 amide bonds. The van der Waals surface area contributed by atoms with Crippen LogP contribution in [0.4, 0.5) is 0 Å². The Morgan fingerprint density at radius 1 is 1.23 bits per heavy atom. The van der Waals surface area contributed by atoms with E-state index in [-0.39, 0.29) is 10.7 Å². The van der Waals surface area contributed by atoms with Crippen LogP contribution in [0.1, 0.15) is 17.5 Å². The van der Waals surface area contributed by atoms with Gasteiger partial charge >= 0.3 is 0 Å². The van der Waals surface area contributed by atoms with Crippen molar-refractivity contribution in [2.45, 2.75) is 19.3 Å². The number of fused-ring (bicyclic) bond motifs is 1. The number of nitrogens with two attached hydrogens (primary N) is 1. The van der Waals surface area contributed by atoms with Gasteiger partial charge in [0.25, 0.3) is 0 Å². The van der Waals surface area contributed by atoms with Gasteiger partial charge in [0.05, 0.1) is 0 Å². The molecule has 1 aromatic carbocycles. The number of hydrogen-bond donors (Lipinski definition) is 1. The first-order valence-corrected chi connectivity index (χ1v) is 6.33. The number of benzene rings is 1. The van der Waals surface area contributed by atoms with E-state index in [1.54, 1.807) is 11.1 Å². The molecule has 0 saturated carbocycles. The van der Waals surface area contributed by atoms with E-state index in [0.29, 0.717) is 0 Å². The zero-order valence-corrected chi connectivity index (χ0v) is 8.94. The van der Waals surface area contributed by atoms with Gasteiger partial charge in [-0.15, -0.1) is 10.7 Å². The minimum atomic E-state index is -0.111. The monoisotopic (exact) mass is 195 g/mol. The summed E-state index contributed by atoms with van der Waals surface area (Å²) >= 11 is 0. The molecule has 0 saturated heterocycles. The van der Waals surface area contributed by atoms with Crippen molar-refractivity contribution < 1.29 is 0 Å². The normalized spacial score (nSPS) is 15.5. The zero-order chi connectivity index (χ0) is 9.68. The number of aryl methyl sites for hydroxylation is 2. The molecule has 0 fully saturated rings.